The van der Waals surface area contributed by atoms with Crippen molar-refractivity contribution in [1.82, 2.24) is 19.8 Å². The Balaban J connectivity index is 1.38. The van der Waals surface area contributed by atoms with Crippen molar-refractivity contribution in [2.75, 3.05) is 0 Å². The first-order valence-corrected chi connectivity index (χ1v) is 12.0. The van der Waals surface area contributed by atoms with Crippen molar-refractivity contribution in [3.63, 3.8) is 0 Å². The van der Waals surface area contributed by atoms with Crippen molar-refractivity contribution >= 4 is 27.9 Å². The summed E-state index contributed by atoms with van der Waals surface area (Å²) in [5, 5.41) is 9.91. The molecule has 0 aliphatic carbocycles. The van der Waals surface area contributed by atoms with Crippen molar-refractivity contribution in [3.8, 4) is 11.3 Å². The maximum Gasteiger partial charge on any atom is 0.408 e. The van der Waals surface area contributed by atoms with Crippen LogP contribution in [0.5, 0.6) is 0 Å². The van der Waals surface area contributed by atoms with Gasteiger partial charge >= 0.3 is 6.09 Å². The number of hydrogen-bond donors (Lipinski definition) is 2. The molecule has 5 rings (SSSR count). The number of H-pyrrole nitrogens is 1. The van der Waals surface area contributed by atoms with E-state index in [1.54, 1.807) is 6.20 Å². The van der Waals surface area contributed by atoms with Crippen molar-refractivity contribution in [3.05, 3.63) is 76.7 Å². The van der Waals surface area contributed by atoms with Gasteiger partial charge in [0.25, 0.3) is 0 Å². The molecule has 2 aliphatic heterocycles. The van der Waals surface area contributed by atoms with E-state index >= 15 is 0 Å². The minimum absolute atomic E-state index is 0.117. The topological polar surface area (TPSA) is 89.5 Å². The number of imidazole rings is 1. The number of carbonyl (C=O) groups excluding carboxylic acids is 1. The Labute approximate surface area is 200 Å². The molecule has 8 heteroatoms. The molecule has 0 unspecified atom stereocenters. The number of aromatic amines is 1. The molecule has 3 heterocycles. The van der Waals surface area contributed by atoms with Crippen LogP contribution in [0.2, 0.25) is 0 Å². The number of aromatic nitrogens is 2. The monoisotopic (exact) mass is 508 g/mol. The zero-order chi connectivity index (χ0) is 22.9. The number of carbonyl (C=O) groups is 2. The lowest BCUT2D eigenvalue weighted by molar-refractivity contribution is -0.143. The van der Waals surface area contributed by atoms with Crippen LogP contribution in [0.1, 0.15) is 43.1 Å². The number of nitrogens with one attached hydrogen (secondary N) is 1. The maximum atomic E-state index is 13.6. The van der Waals surface area contributed by atoms with Gasteiger partial charge in [-0.3, -0.25) is 9.69 Å². The van der Waals surface area contributed by atoms with Gasteiger partial charge in [-0.05, 0) is 48.9 Å². The maximum absolute atomic E-state index is 13.6. The van der Waals surface area contributed by atoms with Gasteiger partial charge in [0.05, 0.1) is 17.9 Å². The smallest absolute Gasteiger partial charge is 0.408 e. The third kappa shape index (κ3) is 4.27. The summed E-state index contributed by atoms with van der Waals surface area (Å²) in [7, 11) is 0. The summed E-state index contributed by atoms with van der Waals surface area (Å²) < 4.78 is 1.01. The van der Waals surface area contributed by atoms with Gasteiger partial charge in [-0.2, -0.15) is 0 Å². The number of piperidine rings is 1. The summed E-state index contributed by atoms with van der Waals surface area (Å²) in [6.45, 7) is 0.199. The highest BCUT2D eigenvalue weighted by Gasteiger charge is 2.47. The van der Waals surface area contributed by atoms with Crippen LogP contribution in [0.25, 0.3) is 11.3 Å². The van der Waals surface area contributed by atoms with E-state index in [2.05, 4.69) is 25.9 Å². The number of rotatable bonds is 5. The second-order valence-corrected chi connectivity index (χ2v) is 9.59. The normalized spacial score (nSPS) is 22.3. The first kappa shape index (κ1) is 21.7. The van der Waals surface area contributed by atoms with E-state index in [-0.39, 0.29) is 24.5 Å². The second kappa shape index (κ2) is 9.02. The zero-order valence-electron chi connectivity index (χ0n) is 18.0. The van der Waals surface area contributed by atoms with Crippen LogP contribution in [-0.2, 0) is 11.3 Å². The van der Waals surface area contributed by atoms with Crippen LogP contribution in [0.15, 0.2) is 65.3 Å². The summed E-state index contributed by atoms with van der Waals surface area (Å²) in [5.74, 6) is 0.642. The molecule has 2 N–H and O–H groups in total. The van der Waals surface area contributed by atoms with Crippen LogP contribution in [0, 0.1) is 0 Å². The fourth-order valence-corrected chi connectivity index (χ4v) is 5.34. The molecular weight excluding hydrogens is 484 g/mol. The lowest BCUT2D eigenvalue weighted by Crippen LogP contribution is -2.55. The van der Waals surface area contributed by atoms with E-state index in [1.807, 2.05) is 59.5 Å². The molecule has 0 radical (unpaired) electrons. The van der Waals surface area contributed by atoms with E-state index in [0.717, 1.165) is 46.4 Å². The summed E-state index contributed by atoms with van der Waals surface area (Å²) in [6, 6.07) is 16.7. The first-order chi connectivity index (χ1) is 16.0. The van der Waals surface area contributed by atoms with Crippen LogP contribution < -0.4 is 0 Å². The highest BCUT2D eigenvalue weighted by atomic mass is 79.9. The third-order valence-electron chi connectivity index (χ3n) is 6.70. The molecule has 7 nitrogen and oxygen atoms in total. The quantitative estimate of drug-likeness (QED) is 0.494. The molecule has 2 fully saturated rings. The van der Waals surface area contributed by atoms with Crippen LogP contribution in [0.3, 0.4) is 0 Å². The van der Waals surface area contributed by atoms with Crippen LogP contribution in [0.4, 0.5) is 4.79 Å². The second-order valence-electron chi connectivity index (χ2n) is 8.67. The Kier molecular flexibility index (Phi) is 5.93. The largest absolute Gasteiger partial charge is 0.465 e. The van der Waals surface area contributed by atoms with Gasteiger partial charge in [0.1, 0.15) is 11.9 Å². The fraction of sp³-hybridized carbons (Fsp3) is 0.320. The summed E-state index contributed by atoms with van der Waals surface area (Å²) >= 11 is 3.45. The van der Waals surface area contributed by atoms with Gasteiger partial charge in [0, 0.05) is 17.1 Å². The summed E-state index contributed by atoms with van der Waals surface area (Å²) in [6.07, 6.45) is 3.81. The van der Waals surface area contributed by atoms with Gasteiger partial charge < -0.3 is 15.0 Å². The van der Waals surface area contributed by atoms with Gasteiger partial charge in [0.15, 0.2) is 0 Å². The molecule has 2 saturated heterocycles. The molecule has 2 aromatic carbocycles. The fourth-order valence-electron chi connectivity index (χ4n) is 5.08. The number of amides is 2. The van der Waals surface area contributed by atoms with E-state index in [0.29, 0.717) is 6.42 Å². The van der Waals surface area contributed by atoms with Crippen LogP contribution >= 0.6 is 15.9 Å². The van der Waals surface area contributed by atoms with Gasteiger partial charge in [0.2, 0.25) is 5.91 Å². The molecule has 0 saturated carbocycles. The molecule has 33 heavy (non-hydrogen) atoms. The Bertz CT molecular complexity index is 1150. The molecular formula is C25H25BrN4O3. The Morgan fingerprint density at radius 2 is 1.82 bits per heavy atom. The lowest BCUT2D eigenvalue weighted by atomic mass is 9.96. The average molecular weight is 509 g/mol. The lowest BCUT2D eigenvalue weighted by Gasteiger charge is -2.41. The minimum Gasteiger partial charge on any atom is -0.465 e. The highest BCUT2D eigenvalue weighted by molar-refractivity contribution is 9.10. The van der Waals surface area contributed by atoms with Crippen molar-refractivity contribution in [1.29, 1.82) is 0 Å². The zero-order valence-corrected chi connectivity index (χ0v) is 19.6. The first-order valence-electron chi connectivity index (χ1n) is 11.2. The molecule has 0 bridgehead atoms. The summed E-state index contributed by atoms with van der Waals surface area (Å²) in [4.78, 5) is 36.9. The SMILES string of the molecule is O=C(O)N(Cc1ccccc1)[C@H]1CC[C@@H]2CC[C@@H](c3ncc(-c4ccc(Br)cc4)[nH]3)N2C1=O. The minimum atomic E-state index is -1.07. The predicted molar refractivity (Wildman–Crippen MR) is 127 cm³/mol. The molecule has 2 aliphatic rings. The molecule has 3 atom stereocenters. The molecule has 170 valence electrons. The highest BCUT2D eigenvalue weighted by Crippen LogP contribution is 2.41. The van der Waals surface area contributed by atoms with E-state index in [4.69, 9.17) is 0 Å². The van der Waals surface area contributed by atoms with E-state index in [9.17, 15) is 14.7 Å². The molecule has 2 amide bonds. The van der Waals surface area contributed by atoms with Crippen LogP contribution in [-0.4, -0.2) is 49.0 Å². The molecule has 0 spiro atoms. The summed E-state index contributed by atoms with van der Waals surface area (Å²) in [5.41, 5.74) is 2.80. The van der Waals surface area contributed by atoms with Gasteiger partial charge in [-0.25, -0.2) is 9.78 Å². The van der Waals surface area contributed by atoms with Crippen molar-refractivity contribution < 1.29 is 14.7 Å². The van der Waals surface area contributed by atoms with Crippen molar-refractivity contribution in [2.45, 2.75) is 50.4 Å². The molecule has 1 aromatic heterocycles. The number of carboxylic acid groups (broad SMARTS) is 1. The Morgan fingerprint density at radius 3 is 2.55 bits per heavy atom. The Morgan fingerprint density at radius 1 is 1.09 bits per heavy atom. The number of fused-ring (bicyclic) bond motifs is 1. The van der Waals surface area contributed by atoms with Gasteiger partial charge in [-0.1, -0.05) is 58.4 Å². The molecule has 3 aromatic rings. The number of hydrogen-bond acceptors (Lipinski definition) is 3. The van der Waals surface area contributed by atoms with Crippen molar-refractivity contribution in [2.24, 2.45) is 0 Å². The van der Waals surface area contributed by atoms with E-state index in [1.165, 1.54) is 4.90 Å². The Hall–Kier alpha value is -3.13. The standard InChI is InChI=1S/C25H25BrN4O3/c26-18-8-6-17(7-9-18)20-14-27-23(28-20)21-12-10-19-11-13-22(24(31)30(19)21)29(25(32)33)15-16-4-2-1-3-5-16/h1-9,14,19,21-22H,10-13,15H2,(H,27,28)(H,32,33)/t19-,21-,22-/m0/s1. The number of halogens is 1. The number of nitrogens with zero attached hydrogens (tertiary/aromatic N) is 3. The average Bonchev–Trinajstić information content (AvgIpc) is 3.47. The number of benzene rings is 2. The third-order valence-corrected chi connectivity index (χ3v) is 7.23. The predicted octanol–water partition coefficient (Wildman–Crippen LogP) is 5.21. The van der Waals surface area contributed by atoms with E-state index < -0.39 is 12.1 Å². The van der Waals surface area contributed by atoms with Gasteiger partial charge in [-0.15, -0.1) is 0 Å².